The first-order chi connectivity index (χ1) is 7.74. The van der Waals surface area contributed by atoms with E-state index in [1.807, 2.05) is 11.8 Å². The molecule has 1 N–H and O–H groups in total. The average molecular weight is 254 g/mol. The molecule has 0 bridgehead atoms. The molecular formula is C13H18OS2. The summed E-state index contributed by atoms with van der Waals surface area (Å²) < 4.78 is 0. The van der Waals surface area contributed by atoms with Crippen molar-refractivity contribution in [3.63, 3.8) is 0 Å². The lowest BCUT2D eigenvalue weighted by Crippen LogP contribution is -1.91. The van der Waals surface area contributed by atoms with Crippen LogP contribution >= 0.6 is 23.1 Å². The molecule has 0 saturated heterocycles. The van der Waals surface area contributed by atoms with Crippen LogP contribution in [0.4, 0.5) is 0 Å². The van der Waals surface area contributed by atoms with Crippen LogP contribution in [0, 0.1) is 17.8 Å². The Balaban J connectivity index is 2.48. The van der Waals surface area contributed by atoms with Gasteiger partial charge in [0, 0.05) is 22.6 Å². The van der Waals surface area contributed by atoms with E-state index in [4.69, 9.17) is 5.11 Å². The SMILES string of the molecule is CC(C)CSCc1sccc1C#CCCO. The van der Waals surface area contributed by atoms with E-state index in [-0.39, 0.29) is 6.61 Å². The first kappa shape index (κ1) is 13.6. The third-order valence-corrected chi connectivity index (χ3v) is 4.39. The number of rotatable bonds is 5. The highest BCUT2D eigenvalue weighted by Gasteiger charge is 2.02. The van der Waals surface area contributed by atoms with E-state index in [9.17, 15) is 0 Å². The molecule has 0 aliphatic rings. The number of thiophene rings is 1. The maximum atomic E-state index is 8.66. The zero-order valence-electron chi connectivity index (χ0n) is 9.82. The normalized spacial score (nSPS) is 10.2. The Hall–Kier alpha value is -0.430. The van der Waals surface area contributed by atoms with Gasteiger partial charge in [-0.3, -0.25) is 0 Å². The number of hydrogen-bond acceptors (Lipinski definition) is 3. The molecule has 16 heavy (non-hydrogen) atoms. The van der Waals surface area contributed by atoms with E-state index in [2.05, 4.69) is 37.1 Å². The van der Waals surface area contributed by atoms with E-state index in [1.54, 1.807) is 11.3 Å². The third-order valence-electron chi connectivity index (χ3n) is 1.89. The minimum Gasteiger partial charge on any atom is -0.395 e. The van der Waals surface area contributed by atoms with Crippen molar-refractivity contribution in [3.05, 3.63) is 21.9 Å². The van der Waals surface area contributed by atoms with Gasteiger partial charge >= 0.3 is 0 Å². The molecule has 0 spiro atoms. The number of hydrogen-bond donors (Lipinski definition) is 1. The van der Waals surface area contributed by atoms with E-state index in [0.717, 1.165) is 17.2 Å². The molecule has 1 heterocycles. The van der Waals surface area contributed by atoms with Gasteiger partial charge in [-0.05, 0) is 23.1 Å². The van der Waals surface area contributed by atoms with Gasteiger partial charge in [-0.2, -0.15) is 11.8 Å². The minimum atomic E-state index is 0.147. The summed E-state index contributed by atoms with van der Waals surface area (Å²) in [6, 6.07) is 2.07. The van der Waals surface area contributed by atoms with Crippen molar-refractivity contribution in [1.82, 2.24) is 0 Å². The molecule has 0 amide bonds. The molecule has 0 aliphatic carbocycles. The second-order valence-corrected chi connectivity index (χ2v) is 5.97. The van der Waals surface area contributed by atoms with Crippen molar-refractivity contribution in [3.8, 4) is 11.8 Å². The van der Waals surface area contributed by atoms with Crippen LogP contribution in [0.15, 0.2) is 11.4 Å². The van der Waals surface area contributed by atoms with E-state index >= 15 is 0 Å². The first-order valence-electron chi connectivity index (χ1n) is 5.48. The third kappa shape index (κ3) is 5.07. The summed E-state index contributed by atoms with van der Waals surface area (Å²) in [7, 11) is 0. The van der Waals surface area contributed by atoms with Crippen molar-refractivity contribution in [2.24, 2.45) is 5.92 Å². The summed E-state index contributed by atoms with van der Waals surface area (Å²) in [6.45, 7) is 4.63. The van der Waals surface area contributed by atoms with Gasteiger partial charge in [0.1, 0.15) is 0 Å². The Morgan fingerprint density at radius 3 is 3.00 bits per heavy atom. The molecule has 0 fully saturated rings. The van der Waals surface area contributed by atoms with Gasteiger partial charge < -0.3 is 5.11 Å². The summed E-state index contributed by atoms with van der Waals surface area (Å²) in [5.41, 5.74) is 1.13. The van der Waals surface area contributed by atoms with Gasteiger partial charge in [0.15, 0.2) is 0 Å². The van der Waals surface area contributed by atoms with Crippen LogP contribution in [0.3, 0.4) is 0 Å². The Morgan fingerprint density at radius 1 is 1.50 bits per heavy atom. The zero-order chi connectivity index (χ0) is 11.8. The van der Waals surface area contributed by atoms with Crippen molar-refractivity contribution >= 4 is 23.1 Å². The second kappa shape index (κ2) is 7.78. The van der Waals surface area contributed by atoms with Crippen molar-refractivity contribution < 1.29 is 5.11 Å². The summed E-state index contributed by atoms with van der Waals surface area (Å²) in [4.78, 5) is 1.36. The summed E-state index contributed by atoms with van der Waals surface area (Å²) >= 11 is 3.74. The monoisotopic (exact) mass is 254 g/mol. The van der Waals surface area contributed by atoms with Crippen LogP contribution in [0.1, 0.15) is 30.7 Å². The summed E-state index contributed by atoms with van der Waals surface area (Å²) in [6.07, 6.45) is 0.564. The van der Waals surface area contributed by atoms with E-state index in [1.165, 1.54) is 10.6 Å². The molecule has 1 aromatic heterocycles. The Bertz CT molecular complexity index is 357. The Kier molecular flexibility index (Phi) is 6.63. The molecular weight excluding hydrogens is 236 g/mol. The predicted molar refractivity (Wildman–Crippen MR) is 73.9 cm³/mol. The zero-order valence-corrected chi connectivity index (χ0v) is 11.5. The largest absolute Gasteiger partial charge is 0.395 e. The van der Waals surface area contributed by atoms with Gasteiger partial charge in [0.2, 0.25) is 0 Å². The lowest BCUT2D eigenvalue weighted by Gasteiger charge is -2.03. The topological polar surface area (TPSA) is 20.2 Å². The van der Waals surface area contributed by atoms with Crippen molar-refractivity contribution in [1.29, 1.82) is 0 Å². The highest BCUT2D eigenvalue weighted by molar-refractivity contribution is 7.98. The van der Waals surface area contributed by atoms with E-state index < -0.39 is 0 Å². The minimum absolute atomic E-state index is 0.147. The number of aliphatic hydroxyl groups excluding tert-OH is 1. The molecule has 0 atom stereocenters. The number of aliphatic hydroxyl groups is 1. The highest BCUT2D eigenvalue weighted by atomic mass is 32.2. The van der Waals surface area contributed by atoms with Gasteiger partial charge in [-0.1, -0.05) is 25.7 Å². The van der Waals surface area contributed by atoms with Crippen molar-refractivity contribution in [2.75, 3.05) is 12.4 Å². The Labute approximate surface area is 106 Å². The van der Waals surface area contributed by atoms with Gasteiger partial charge in [-0.15, -0.1) is 11.3 Å². The second-order valence-electron chi connectivity index (χ2n) is 3.94. The summed E-state index contributed by atoms with van der Waals surface area (Å²) in [5, 5.41) is 10.8. The van der Waals surface area contributed by atoms with Crippen LogP contribution in [0.25, 0.3) is 0 Å². The highest BCUT2D eigenvalue weighted by Crippen LogP contribution is 2.23. The molecule has 1 aromatic rings. The molecule has 0 saturated carbocycles. The van der Waals surface area contributed by atoms with Crippen LogP contribution in [0.5, 0.6) is 0 Å². The first-order valence-corrected chi connectivity index (χ1v) is 7.51. The van der Waals surface area contributed by atoms with Crippen molar-refractivity contribution in [2.45, 2.75) is 26.0 Å². The lowest BCUT2D eigenvalue weighted by atomic mass is 10.2. The smallest absolute Gasteiger partial charge is 0.0540 e. The quantitative estimate of drug-likeness (QED) is 0.813. The molecule has 3 heteroatoms. The predicted octanol–water partition coefficient (Wildman–Crippen LogP) is 3.37. The van der Waals surface area contributed by atoms with E-state index in [0.29, 0.717) is 6.42 Å². The molecule has 0 radical (unpaired) electrons. The standard InChI is InChI=1S/C13H18OS2/c1-11(2)9-15-10-13-12(6-8-16-13)5-3-4-7-14/h6,8,11,14H,4,7,9-10H2,1-2H3. The van der Waals surface area contributed by atoms with Crippen LogP contribution in [0.2, 0.25) is 0 Å². The molecule has 1 rings (SSSR count). The molecule has 0 aliphatic heterocycles. The van der Waals surface area contributed by atoms with Gasteiger partial charge in [-0.25, -0.2) is 0 Å². The van der Waals surface area contributed by atoms with Crippen LogP contribution < -0.4 is 0 Å². The van der Waals surface area contributed by atoms with Crippen LogP contribution in [-0.4, -0.2) is 17.5 Å². The lowest BCUT2D eigenvalue weighted by molar-refractivity contribution is 0.305. The molecule has 1 nitrogen and oxygen atoms in total. The maximum absolute atomic E-state index is 8.66. The fourth-order valence-corrected chi connectivity index (χ4v) is 3.23. The molecule has 0 unspecified atom stereocenters. The summed E-state index contributed by atoms with van der Waals surface area (Å²) in [5.74, 6) is 9.09. The molecule has 88 valence electrons. The van der Waals surface area contributed by atoms with Gasteiger partial charge in [0.25, 0.3) is 0 Å². The van der Waals surface area contributed by atoms with Gasteiger partial charge in [0.05, 0.1) is 6.61 Å². The molecule has 0 aromatic carbocycles. The fourth-order valence-electron chi connectivity index (χ4n) is 1.16. The Morgan fingerprint density at radius 2 is 2.31 bits per heavy atom. The average Bonchev–Trinajstić information content (AvgIpc) is 2.66. The maximum Gasteiger partial charge on any atom is 0.0540 e. The number of thioether (sulfide) groups is 1. The van der Waals surface area contributed by atoms with Crippen LogP contribution in [-0.2, 0) is 5.75 Å². The fraction of sp³-hybridized carbons (Fsp3) is 0.538.